The highest BCUT2D eigenvalue weighted by Gasteiger charge is 2.22. The molecule has 1 aromatic heterocycles. The summed E-state index contributed by atoms with van der Waals surface area (Å²) in [5, 5.41) is 27.8. The van der Waals surface area contributed by atoms with Crippen molar-refractivity contribution in [1.29, 1.82) is 0 Å². The van der Waals surface area contributed by atoms with E-state index in [0.29, 0.717) is 19.8 Å². The molecule has 150 valence electrons. The fourth-order valence-electron chi connectivity index (χ4n) is 2.84. The van der Waals surface area contributed by atoms with E-state index in [0.717, 1.165) is 18.7 Å². The van der Waals surface area contributed by atoms with Gasteiger partial charge in [0.1, 0.15) is 18.1 Å². The van der Waals surface area contributed by atoms with E-state index in [1.807, 2.05) is 0 Å². The number of aliphatic hydroxyl groups excluding tert-OH is 1. The van der Waals surface area contributed by atoms with E-state index in [9.17, 15) is 19.8 Å². The third-order valence-electron chi connectivity index (χ3n) is 4.24. The highest BCUT2D eigenvalue weighted by atomic mass is 16.5. The van der Waals surface area contributed by atoms with Crippen molar-refractivity contribution in [1.82, 2.24) is 15.4 Å². The number of nitrogens with zero attached hydrogens (tertiary/aromatic N) is 2. The lowest BCUT2D eigenvalue weighted by atomic mass is 10.1. The second kappa shape index (κ2) is 9.31. The number of carbonyl (C=O) groups is 2. The standard InChI is InChI=1S/C18H22N4O6/c23-11-15(18(26)20-16-1-4-28-21-16)19-17(25)13-7-12(8-14(24)9-13)10-22-2-5-27-6-3-22/h1,4,7-9,15,23-24H,2-3,5-6,10-11H2,(H,19,25)(H,20,21,26)/t15-/m0/s1. The molecular formula is C18H22N4O6. The van der Waals surface area contributed by atoms with Crippen LogP contribution in [0, 0.1) is 0 Å². The molecule has 10 nitrogen and oxygen atoms in total. The monoisotopic (exact) mass is 390 g/mol. The molecule has 1 aliphatic rings. The van der Waals surface area contributed by atoms with Crippen molar-refractivity contribution < 1.29 is 29.1 Å². The number of phenols is 1. The number of aromatic nitrogens is 1. The zero-order chi connectivity index (χ0) is 19.9. The maximum Gasteiger partial charge on any atom is 0.252 e. The Labute approximate surface area is 161 Å². The Morgan fingerprint density at radius 1 is 1.25 bits per heavy atom. The van der Waals surface area contributed by atoms with Gasteiger partial charge in [-0.1, -0.05) is 5.16 Å². The molecule has 1 aliphatic heterocycles. The fraction of sp³-hybridized carbons (Fsp3) is 0.389. The lowest BCUT2D eigenvalue weighted by Gasteiger charge is -2.26. The van der Waals surface area contributed by atoms with Gasteiger partial charge in [-0.15, -0.1) is 0 Å². The number of anilines is 1. The number of rotatable bonds is 7. The summed E-state index contributed by atoms with van der Waals surface area (Å²) in [4.78, 5) is 26.9. The Morgan fingerprint density at radius 2 is 2.04 bits per heavy atom. The first-order valence-electron chi connectivity index (χ1n) is 8.81. The summed E-state index contributed by atoms with van der Waals surface area (Å²) < 4.78 is 9.93. The van der Waals surface area contributed by atoms with E-state index < -0.39 is 24.5 Å². The van der Waals surface area contributed by atoms with Crippen molar-refractivity contribution in [2.45, 2.75) is 12.6 Å². The van der Waals surface area contributed by atoms with Crippen LogP contribution >= 0.6 is 0 Å². The van der Waals surface area contributed by atoms with E-state index in [4.69, 9.17) is 4.74 Å². The summed E-state index contributed by atoms with van der Waals surface area (Å²) in [5.74, 6) is -1.11. The zero-order valence-electron chi connectivity index (χ0n) is 15.1. The van der Waals surface area contributed by atoms with Crippen LogP contribution in [0.25, 0.3) is 0 Å². The molecule has 10 heteroatoms. The average molecular weight is 390 g/mol. The van der Waals surface area contributed by atoms with Crippen LogP contribution in [0.3, 0.4) is 0 Å². The molecule has 2 aromatic rings. The van der Waals surface area contributed by atoms with Crippen LogP contribution in [0.4, 0.5) is 5.82 Å². The second-order valence-corrected chi connectivity index (χ2v) is 6.36. The van der Waals surface area contributed by atoms with Crippen LogP contribution in [0.5, 0.6) is 5.75 Å². The van der Waals surface area contributed by atoms with Gasteiger partial charge in [0, 0.05) is 31.3 Å². The van der Waals surface area contributed by atoms with Crippen LogP contribution < -0.4 is 10.6 Å². The number of nitrogens with one attached hydrogen (secondary N) is 2. The second-order valence-electron chi connectivity index (χ2n) is 6.36. The molecule has 0 unspecified atom stereocenters. The minimum Gasteiger partial charge on any atom is -0.508 e. The molecular weight excluding hydrogens is 368 g/mol. The van der Waals surface area contributed by atoms with Gasteiger partial charge in [0.15, 0.2) is 5.82 Å². The number of hydrogen-bond donors (Lipinski definition) is 4. The molecule has 1 aromatic carbocycles. The molecule has 1 saturated heterocycles. The summed E-state index contributed by atoms with van der Waals surface area (Å²) in [6, 6.07) is 4.79. The molecule has 0 saturated carbocycles. The number of amides is 2. The van der Waals surface area contributed by atoms with Gasteiger partial charge in [-0.05, 0) is 23.8 Å². The summed E-state index contributed by atoms with van der Waals surface area (Å²) in [5.41, 5.74) is 0.954. The van der Waals surface area contributed by atoms with Crippen molar-refractivity contribution in [3.8, 4) is 5.75 Å². The maximum absolute atomic E-state index is 12.5. The predicted molar refractivity (Wildman–Crippen MR) is 97.7 cm³/mol. The Bertz CT molecular complexity index is 804. The maximum atomic E-state index is 12.5. The Balaban J connectivity index is 1.65. The van der Waals surface area contributed by atoms with Crippen LogP contribution in [-0.4, -0.2) is 71.0 Å². The zero-order valence-corrected chi connectivity index (χ0v) is 15.1. The Hall–Kier alpha value is -2.95. The van der Waals surface area contributed by atoms with Crippen LogP contribution in [0.2, 0.25) is 0 Å². The molecule has 0 spiro atoms. The van der Waals surface area contributed by atoms with E-state index in [1.54, 1.807) is 12.1 Å². The van der Waals surface area contributed by atoms with Gasteiger partial charge in [-0.25, -0.2) is 0 Å². The molecule has 2 amide bonds. The fourth-order valence-corrected chi connectivity index (χ4v) is 2.84. The van der Waals surface area contributed by atoms with Crippen LogP contribution in [-0.2, 0) is 16.1 Å². The van der Waals surface area contributed by atoms with Crippen molar-refractivity contribution in [3.05, 3.63) is 41.7 Å². The minimum absolute atomic E-state index is 0.0523. The van der Waals surface area contributed by atoms with E-state index >= 15 is 0 Å². The molecule has 0 bridgehead atoms. The van der Waals surface area contributed by atoms with Gasteiger partial charge in [-0.2, -0.15) is 0 Å². The molecule has 4 N–H and O–H groups in total. The Morgan fingerprint density at radius 3 is 2.71 bits per heavy atom. The van der Waals surface area contributed by atoms with Gasteiger partial charge >= 0.3 is 0 Å². The van der Waals surface area contributed by atoms with Gasteiger partial charge in [0.25, 0.3) is 11.8 Å². The van der Waals surface area contributed by atoms with Crippen molar-refractivity contribution in [2.24, 2.45) is 0 Å². The first-order valence-corrected chi connectivity index (χ1v) is 8.81. The summed E-state index contributed by atoms with van der Waals surface area (Å²) in [7, 11) is 0. The molecule has 1 fully saturated rings. The van der Waals surface area contributed by atoms with Gasteiger partial charge in [-0.3, -0.25) is 14.5 Å². The summed E-state index contributed by atoms with van der Waals surface area (Å²) >= 11 is 0. The van der Waals surface area contributed by atoms with Crippen LogP contribution in [0.1, 0.15) is 15.9 Å². The predicted octanol–water partition coefficient (Wildman–Crippen LogP) is -0.0582. The number of phenolic OH excluding ortho intramolecular Hbond substituents is 1. The molecule has 2 heterocycles. The number of carbonyl (C=O) groups excluding carboxylic acids is 2. The summed E-state index contributed by atoms with van der Waals surface area (Å²) in [6.07, 6.45) is 1.28. The van der Waals surface area contributed by atoms with E-state index in [1.165, 1.54) is 18.4 Å². The third kappa shape index (κ3) is 5.28. The molecule has 3 rings (SSSR count). The normalized spacial score (nSPS) is 15.8. The molecule has 28 heavy (non-hydrogen) atoms. The van der Waals surface area contributed by atoms with Crippen molar-refractivity contribution in [2.75, 3.05) is 38.2 Å². The van der Waals surface area contributed by atoms with E-state index in [-0.39, 0.29) is 17.1 Å². The van der Waals surface area contributed by atoms with Crippen molar-refractivity contribution in [3.63, 3.8) is 0 Å². The number of hydrogen-bond acceptors (Lipinski definition) is 8. The summed E-state index contributed by atoms with van der Waals surface area (Å²) in [6.45, 7) is 2.79. The lowest BCUT2D eigenvalue weighted by molar-refractivity contribution is -0.118. The minimum atomic E-state index is -1.19. The first kappa shape index (κ1) is 19.8. The topological polar surface area (TPSA) is 137 Å². The molecule has 0 radical (unpaired) electrons. The van der Waals surface area contributed by atoms with Crippen LogP contribution in [0.15, 0.2) is 35.1 Å². The molecule has 0 aliphatic carbocycles. The van der Waals surface area contributed by atoms with Gasteiger partial charge < -0.3 is 30.1 Å². The average Bonchev–Trinajstić information content (AvgIpc) is 3.19. The largest absolute Gasteiger partial charge is 0.508 e. The lowest BCUT2D eigenvalue weighted by Crippen LogP contribution is -2.46. The van der Waals surface area contributed by atoms with E-state index in [2.05, 4.69) is 25.2 Å². The molecule has 1 atom stereocenters. The number of aliphatic hydroxyl groups is 1. The van der Waals surface area contributed by atoms with Crippen molar-refractivity contribution >= 4 is 17.6 Å². The third-order valence-corrected chi connectivity index (χ3v) is 4.24. The Kier molecular flexibility index (Phi) is 6.58. The SMILES string of the molecule is O=C(N[C@@H](CO)C(=O)Nc1ccon1)c1cc(O)cc(CN2CCOCC2)c1. The highest BCUT2D eigenvalue weighted by Crippen LogP contribution is 2.18. The number of ether oxygens (including phenoxy) is 1. The highest BCUT2D eigenvalue weighted by molar-refractivity contribution is 6.01. The first-order chi connectivity index (χ1) is 13.5. The quantitative estimate of drug-likeness (QED) is 0.516. The number of aromatic hydroxyl groups is 1. The number of morpholine rings is 1. The number of benzene rings is 1. The van der Waals surface area contributed by atoms with Gasteiger partial charge in [0.2, 0.25) is 0 Å². The smallest absolute Gasteiger partial charge is 0.252 e. The van der Waals surface area contributed by atoms with Gasteiger partial charge in [0.05, 0.1) is 19.8 Å².